The van der Waals surface area contributed by atoms with E-state index in [4.69, 9.17) is 18.9 Å². The summed E-state index contributed by atoms with van der Waals surface area (Å²) in [5.41, 5.74) is -0.169. The maximum Gasteiger partial charge on any atom is 0.186 e. The Hall–Kier alpha value is -0.700. The van der Waals surface area contributed by atoms with Gasteiger partial charge in [-0.3, -0.25) is 0 Å². The Balaban J connectivity index is 1.47. The van der Waals surface area contributed by atoms with Gasteiger partial charge in [-0.05, 0) is 144 Å². The number of ether oxygens (including phenoxy) is 4. The van der Waals surface area contributed by atoms with Crippen LogP contribution in [0.25, 0.3) is 0 Å². The van der Waals surface area contributed by atoms with Crippen molar-refractivity contribution in [2.45, 2.75) is 213 Å². The van der Waals surface area contributed by atoms with E-state index in [0.717, 1.165) is 38.5 Å². The van der Waals surface area contributed by atoms with Crippen molar-refractivity contribution < 1.29 is 54.7 Å². The maximum atomic E-state index is 12.5. The first kappa shape index (κ1) is 45.4. The molecule has 0 radical (unpaired) electrons. The Morgan fingerprint density at radius 3 is 2.15 bits per heavy atom. The summed E-state index contributed by atoms with van der Waals surface area (Å²) in [6, 6.07) is 0. The minimum absolute atomic E-state index is 0.000200. The van der Waals surface area contributed by atoms with Crippen LogP contribution >= 0.6 is 0 Å². The molecule has 11 heteroatoms. The number of rotatable bonds is 15. The summed E-state index contributed by atoms with van der Waals surface area (Å²) in [5.74, 6) is 0.483. The van der Waals surface area contributed by atoms with E-state index in [2.05, 4.69) is 61.5 Å². The lowest BCUT2D eigenvalue weighted by molar-refractivity contribution is -0.313. The van der Waals surface area contributed by atoms with Crippen LogP contribution in [0.5, 0.6) is 0 Å². The number of hydrogen-bond donors (Lipinski definition) is 7. The second-order valence-corrected chi connectivity index (χ2v) is 20.3. The number of fused-ring (bicyclic) bond motifs is 5. The van der Waals surface area contributed by atoms with E-state index >= 15 is 0 Å². The molecular weight excluding hydrogens is 704 g/mol. The van der Waals surface area contributed by atoms with Crippen molar-refractivity contribution >= 4 is 0 Å². The summed E-state index contributed by atoms with van der Waals surface area (Å²) in [4.78, 5) is 0. The molecular formula is C44H78O11. The van der Waals surface area contributed by atoms with Crippen LogP contribution in [0.15, 0.2) is 11.6 Å². The van der Waals surface area contributed by atoms with Crippen molar-refractivity contribution in [1.82, 2.24) is 0 Å². The standard InChI is InChI=1S/C44H78O11/c1-12-30(53-39-36(51)35(50)26(5)52-39)37(25(4)46)54-38(29(48)23-45)55-44(11,18-13-14-24(2)3)27-15-20-43(10)34(27)28(47)22-32-41(8)19-17-33(49)40(6,7)31(41)16-21-42(32,43)9/h14,25-39,45-51H,12-13,15-23H2,1-11H3/t25?,26?,27?,28-,29?,30?,31?,32?,33+,34?,35?,36?,37?,38?,39?,41+,42-,43-,44+/m1/s1. The van der Waals surface area contributed by atoms with Gasteiger partial charge < -0.3 is 54.7 Å². The molecule has 13 unspecified atom stereocenters. The molecule has 0 aromatic rings. The molecule has 7 N–H and O–H groups in total. The van der Waals surface area contributed by atoms with Crippen LogP contribution in [-0.2, 0) is 18.9 Å². The van der Waals surface area contributed by atoms with Crippen LogP contribution in [0.4, 0.5) is 0 Å². The van der Waals surface area contributed by atoms with Gasteiger partial charge in [0.05, 0.1) is 42.7 Å². The number of allylic oxidation sites excluding steroid dienone is 2. The topological polar surface area (TPSA) is 179 Å². The minimum atomic E-state index is -1.46. The molecule has 1 saturated heterocycles. The van der Waals surface area contributed by atoms with Gasteiger partial charge in [-0.25, -0.2) is 0 Å². The van der Waals surface area contributed by atoms with Crippen molar-refractivity contribution in [3.63, 3.8) is 0 Å². The fraction of sp³-hybridized carbons (Fsp3) is 0.955. The van der Waals surface area contributed by atoms with Gasteiger partial charge >= 0.3 is 0 Å². The predicted molar refractivity (Wildman–Crippen MR) is 209 cm³/mol. The zero-order chi connectivity index (χ0) is 41.1. The highest BCUT2D eigenvalue weighted by atomic mass is 16.7. The highest BCUT2D eigenvalue weighted by Crippen LogP contribution is 2.76. The zero-order valence-corrected chi connectivity index (χ0v) is 35.8. The van der Waals surface area contributed by atoms with Gasteiger partial charge in [-0.2, -0.15) is 0 Å². The Morgan fingerprint density at radius 1 is 0.927 bits per heavy atom. The molecule has 5 rings (SSSR count). The van der Waals surface area contributed by atoms with E-state index in [1.165, 1.54) is 5.57 Å². The molecule has 4 aliphatic carbocycles. The van der Waals surface area contributed by atoms with Crippen molar-refractivity contribution in [3.8, 4) is 0 Å². The molecule has 0 aromatic heterocycles. The van der Waals surface area contributed by atoms with Gasteiger partial charge in [0, 0.05) is 0 Å². The Kier molecular flexibility index (Phi) is 13.8. The Labute approximate surface area is 331 Å². The first-order valence-electron chi connectivity index (χ1n) is 21.5. The van der Waals surface area contributed by atoms with Crippen LogP contribution in [-0.4, -0.2) is 115 Å². The molecule has 0 amide bonds. The SMILES string of the molecule is CCC(OC1OC(C)C(O)C1O)C(OC(O[C@@](C)(CCC=C(C)C)C1CC[C@]2(C)C1[C@H](O)CC1[C@@]3(C)CC[C@H](O)C(C)(C)C3CC[C@]12C)C(O)CO)C(C)O. The third kappa shape index (κ3) is 8.01. The average Bonchev–Trinajstić information content (AvgIpc) is 3.61. The molecule has 1 heterocycles. The fourth-order valence-electron chi connectivity index (χ4n) is 13.1. The maximum absolute atomic E-state index is 12.5. The van der Waals surface area contributed by atoms with E-state index in [1.54, 1.807) is 13.8 Å². The van der Waals surface area contributed by atoms with Crippen LogP contribution in [0, 0.1) is 45.3 Å². The second-order valence-electron chi connectivity index (χ2n) is 20.3. The summed E-state index contributed by atoms with van der Waals surface area (Å²) < 4.78 is 25.3. The molecule has 19 atom stereocenters. The molecule has 0 spiro atoms. The van der Waals surface area contributed by atoms with E-state index in [1.807, 2.05) is 6.92 Å². The Bertz CT molecular complexity index is 1320. The normalized spacial score (nSPS) is 45.0. The molecule has 55 heavy (non-hydrogen) atoms. The first-order valence-corrected chi connectivity index (χ1v) is 21.5. The first-order chi connectivity index (χ1) is 25.5. The molecule has 4 saturated carbocycles. The smallest absolute Gasteiger partial charge is 0.186 e. The van der Waals surface area contributed by atoms with E-state index < -0.39 is 73.6 Å². The lowest BCUT2D eigenvalue weighted by Crippen LogP contribution is -2.66. The molecule has 5 fully saturated rings. The second kappa shape index (κ2) is 16.7. The monoisotopic (exact) mass is 783 g/mol. The van der Waals surface area contributed by atoms with Gasteiger partial charge in [-0.1, -0.05) is 53.2 Å². The van der Waals surface area contributed by atoms with Crippen LogP contribution in [0.2, 0.25) is 0 Å². The fourth-order valence-corrected chi connectivity index (χ4v) is 13.1. The summed E-state index contributed by atoms with van der Waals surface area (Å²) in [5, 5.41) is 77.3. The van der Waals surface area contributed by atoms with Crippen molar-refractivity contribution in [3.05, 3.63) is 11.6 Å². The summed E-state index contributed by atoms with van der Waals surface area (Å²) in [6.07, 6.45) is -0.858. The largest absolute Gasteiger partial charge is 0.393 e. The lowest BCUT2D eigenvalue weighted by Gasteiger charge is -2.70. The number of aliphatic hydroxyl groups is 7. The van der Waals surface area contributed by atoms with E-state index in [9.17, 15) is 35.7 Å². The van der Waals surface area contributed by atoms with Crippen molar-refractivity contribution in [2.75, 3.05) is 6.61 Å². The van der Waals surface area contributed by atoms with Crippen molar-refractivity contribution in [2.24, 2.45) is 45.3 Å². The van der Waals surface area contributed by atoms with Gasteiger partial charge in [0.25, 0.3) is 0 Å². The van der Waals surface area contributed by atoms with E-state index in [0.29, 0.717) is 37.5 Å². The predicted octanol–water partition coefficient (Wildman–Crippen LogP) is 5.23. The van der Waals surface area contributed by atoms with Crippen molar-refractivity contribution in [1.29, 1.82) is 0 Å². The molecule has 0 aromatic carbocycles. The summed E-state index contributed by atoms with van der Waals surface area (Å²) in [6.45, 7) is 22.4. The molecule has 1 aliphatic heterocycles. The highest BCUT2D eigenvalue weighted by molar-refractivity contribution is 5.20. The Morgan fingerprint density at radius 2 is 1.58 bits per heavy atom. The summed E-state index contributed by atoms with van der Waals surface area (Å²) in [7, 11) is 0. The number of aliphatic hydroxyl groups excluding tert-OH is 7. The van der Waals surface area contributed by atoms with Gasteiger partial charge in [0.2, 0.25) is 0 Å². The molecule has 5 aliphatic rings. The quantitative estimate of drug-likeness (QED) is 0.0855. The van der Waals surface area contributed by atoms with Gasteiger partial charge in [0.1, 0.15) is 24.4 Å². The average molecular weight is 783 g/mol. The van der Waals surface area contributed by atoms with Crippen LogP contribution in [0.1, 0.15) is 140 Å². The number of hydrogen-bond acceptors (Lipinski definition) is 11. The third-order valence-corrected chi connectivity index (χ3v) is 16.5. The van der Waals surface area contributed by atoms with Crippen LogP contribution < -0.4 is 0 Å². The van der Waals surface area contributed by atoms with Gasteiger partial charge in [-0.15, -0.1) is 0 Å². The van der Waals surface area contributed by atoms with Gasteiger partial charge in [0.15, 0.2) is 12.6 Å². The molecule has 0 bridgehead atoms. The lowest BCUT2D eigenvalue weighted by atomic mass is 9.35. The molecule has 320 valence electrons. The van der Waals surface area contributed by atoms with E-state index in [-0.39, 0.29) is 39.6 Å². The molecule has 11 nitrogen and oxygen atoms in total. The minimum Gasteiger partial charge on any atom is -0.393 e. The third-order valence-electron chi connectivity index (χ3n) is 16.5. The summed E-state index contributed by atoms with van der Waals surface area (Å²) >= 11 is 0. The highest BCUT2D eigenvalue weighted by Gasteiger charge is 2.71. The van der Waals surface area contributed by atoms with Crippen LogP contribution in [0.3, 0.4) is 0 Å². The zero-order valence-electron chi connectivity index (χ0n) is 35.8.